The van der Waals surface area contributed by atoms with E-state index in [1.807, 2.05) is 0 Å². The standard InChI is InChI=1S/C13H15FO3/c1-8(13(15)16)10-3-2-4-11(14)12(10)17-7-9-5-6-9/h2-4,8-9H,5-7H2,1H3,(H,15,16). The third-order valence-electron chi connectivity index (χ3n) is 2.99. The second-order valence-corrected chi connectivity index (χ2v) is 4.47. The summed E-state index contributed by atoms with van der Waals surface area (Å²) in [6, 6.07) is 4.40. The van der Waals surface area contributed by atoms with Crippen molar-refractivity contribution in [1.29, 1.82) is 0 Å². The number of hydrogen-bond acceptors (Lipinski definition) is 2. The summed E-state index contributed by atoms with van der Waals surface area (Å²) >= 11 is 0. The Balaban J connectivity index is 2.22. The van der Waals surface area contributed by atoms with E-state index in [0.29, 0.717) is 18.1 Å². The van der Waals surface area contributed by atoms with E-state index in [4.69, 9.17) is 9.84 Å². The predicted octanol–water partition coefficient (Wildman–Crippen LogP) is 2.80. The van der Waals surface area contributed by atoms with Gasteiger partial charge in [-0.1, -0.05) is 12.1 Å². The molecule has 17 heavy (non-hydrogen) atoms. The number of ether oxygens (including phenoxy) is 1. The molecule has 1 saturated carbocycles. The summed E-state index contributed by atoms with van der Waals surface area (Å²) in [4.78, 5) is 10.9. The summed E-state index contributed by atoms with van der Waals surface area (Å²) in [6.45, 7) is 2.00. The van der Waals surface area contributed by atoms with Crippen molar-refractivity contribution in [1.82, 2.24) is 0 Å². The number of rotatable bonds is 5. The summed E-state index contributed by atoms with van der Waals surface area (Å²) in [5, 5.41) is 8.96. The minimum atomic E-state index is -0.980. The maximum atomic E-state index is 13.6. The van der Waals surface area contributed by atoms with Crippen LogP contribution in [0.3, 0.4) is 0 Å². The van der Waals surface area contributed by atoms with Gasteiger partial charge in [0, 0.05) is 5.56 Å². The molecule has 0 radical (unpaired) electrons. The topological polar surface area (TPSA) is 46.5 Å². The van der Waals surface area contributed by atoms with Gasteiger partial charge in [0.15, 0.2) is 11.6 Å². The van der Waals surface area contributed by atoms with Crippen LogP contribution >= 0.6 is 0 Å². The molecule has 92 valence electrons. The molecule has 0 bridgehead atoms. The van der Waals surface area contributed by atoms with E-state index in [-0.39, 0.29) is 5.75 Å². The number of carboxylic acids is 1. The zero-order valence-electron chi connectivity index (χ0n) is 9.65. The highest BCUT2D eigenvalue weighted by Crippen LogP contribution is 2.33. The first kappa shape index (κ1) is 11.9. The van der Waals surface area contributed by atoms with Gasteiger partial charge in [0.2, 0.25) is 0 Å². The monoisotopic (exact) mass is 238 g/mol. The molecule has 0 heterocycles. The van der Waals surface area contributed by atoms with Crippen LogP contribution in [0.15, 0.2) is 18.2 Å². The third-order valence-corrected chi connectivity index (χ3v) is 2.99. The van der Waals surface area contributed by atoms with Crippen LogP contribution in [0.5, 0.6) is 5.75 Å². The van der Waals surface area contributed by atoms with Crippen molar-refractivity contribution in [3.8, 4) is 5.75 Å². The Kier molecular flexibility index (Phi) is 3.31. The van der Waals surface area contributed by atoms with Gasteiger partial charge in [-0.3, -0.25) is 4.79 Å². The largest absolute Gasteiger partial charge is 0.490 e. The molecule has 1 aliphatic carbocycles. The molecule has 1 N–H and O–H groups in total. The summed E-state index contributed by atoms with van der Waals surface area (Å²) < 4.78 is 19.1. The van der Waals surface area contributed by atoms with Gasteiger partial charge in [0.05, 0.1) is 12.5 Å². The van der Waals surface area contributed by atoms with E-state index in [1.165, 1.54) is 19.1 Å². The SMILES string of the molecule is CC(C(=O)O)c1cccc(F)c1OCC1CC1. The molecule has 0 saturated heterocycles. The van der Waals surface area contributed by atoms with E-state index < -0.39 is 17.7 Å². The van der Waals surface area contributed by atoms with Gasteiger partial charge in [0.1, 0.15) is 0 Å². The molecular weight excluding hydrogens is 223 g/mol. The summed E-state index contributed by atoms with van der Waals surface area (Å²) in [5.74, 6) is -1.64. The number of para-hydroxylation sites is 1. The Bertz CT molecular complexity index is 427. The first-order valence-corrected chi connectivity index (χ1v) is 5.73. The third kappa shape index (κ3) is 2.75. The molecule has 1 atom stereocenters. The number of aliphatic carboxylic acids is 1. The lowest BCUT2D eigenvalue weighted by Gasteiger charge is -2.14. The van der Waals surface area contributed by atoms with Crippen LogP contribution in [0.4, 0.5) is 4.39 Å². The Morgan fingerprint density at radius 3 is 2.88 bits per heavy atom. The summed E-state index contributed by atoms with van der Waals surface area (Å²) in [6.07, 6.45) is 2.22. The molecule has 0 aromatic heterocycles. The van der Waals surface area contributed by atoms with E-state index in [2.05, 4.69) is 0 Å². The smallest absolute Gasteiger partial charge is 0.310 e. The lowest BCUT2D eigenvalue weighted by Crippen LogP contribution is -2.11. The summed E-state index contributed by atoms with van der Waals surface area (Å²) in [7, 11) is 0. The molecular formula is C13H15FO3. The Morgan fingerprint density at radius 2 is 2.29 bits per heavy atom. The molecule has 0 amide bonds. The fourth-order valence-corrected chi connectivity index (χ4v) is 1.64. The quantitative estimate of drug-likeness (QED) is 0.858. The first-order chi connectivity index (χ1) is 8.09. The Morgan fingerprint density at radius 1 is 1.59 bits per heavy atom. The van der Waals surface area contributed by atoms with Crippen molar-refractivity contribution >= 4 is 5.97 Å². The molecule has 0 spiro atoms. The van der Waals surface area contributed by atoms with E-state index >= 15 is 0 Å². The fraction of sp³-hybridized carbons (Fsp3) is 0.462. The van der Waals surface area contributed by atoms with Crippen LogP contribution in [0.25, 0.3) is 0 Å². The highest BCUT2D eigenvalue weighted by molar-refractivity contribution is 5.76. The number of carbonyl (C=O) groups is 1. The lowest BCUT2D eigenvalue weighted by molar-refractivity contribution is -0.138. The van der Waals surface area contributed by atoms with E-state index in [9.17, 15) is 9.18 Å². The van der Waals surface area contributed by atoms with Crippen molar-refractivity contribution in [2.75, 3.05) is 6.61 Å². The van der Waals surface area contributed by atoms with Gasteiger partial charge >= 0.3 is 5.97 Å². The summed E-state index contributed by atoms with van der Waals surface area (Å²) in [5.41, 5.74) is 0.401. The molecule has 2 rings (SSSR count). The van der Waals surface area contributed by atoms with Crippen molar-refractivity contribution in [2.45, 2.75) is 25.7 Å². The van der Waals surface area contributed by atoms with Gasteiger partial charge in [0.25, 0.3) is 0 Å². The average Bonchev–Trinajstić information content (AvgIpc) is 3.10. The van der Waals surface area contributed by atoms with Gasteiger partial charge in [-0.25, -0.2) is 4.39 Å². The van der Waals surface area contributed by atoms with Gasteiger partial charge in [-0.2, -0.15) is 0 Å². The zero-order chi connectivity index (χ0) is 12.4. The highest BCUT2D eigenvalue weighted by atomic mass is 19.1. The van der Waals surface area contributed by atoms with Crippen LogP contribution in [-0.2, 0) is 4.79 Å². The molecule has 1 fully saturated rings. The minimum Gasteiger partial charge on any atom is -0.490 e. The van der Waals surface area contributed by atoms with Gasteiger partial charge < -0.3 is 9.84 Å². The molecule has 1 unspecified atom stereocenters. The predicted molar refractivity (Wildman–Crippen MR) is 60.7 cm³/mol. The Hall–Kier alpha value is -1.58. The number of halogens is 1. The molecule has 1 aromatic rings. The average molecular weight is 238 g/mol. The van der Waals surface area contributed by atoms with Crippen LogP contribution in [0, 0.1) is 11.7 Å². The van der Waals surface area contributed by atoms with Crippen molar-refractivity contribution in [2.24, 2.45) is 5.92 Å². The molecule has 0 aliphatic heterocycles. The first-order valence-electron chi connectivity index (χ1n) is 5.73. The molecule has 1 aromatic carbocycles. The molecule has 1 aliphatic rings. The maximum Gasteiger partial charge on any atom is 0.310 e. The lowest BCUT2D eigenvalue weighted by atomic mass is 10.00. The second-order valence-electron chi connectivity index (χ2n) is 4.47. The number of benzene rings is 1. The Labute approximate surface area is 99.2 Å². The van der Waals surface area contributed by atoms with Crippen LogP contribution in [0.1, 0.15) is 31.2 Å². The van der Waals surface area contributed by atoms with Crippen LogP contribution < -0.4 is 4.74 Å². The van der Waals surface area contributed by atoms with Crippen LogP contribution in [0.2, 0.25) is 0 Å². The van der Waals surface area contributed by atoms with E-state index in [1.54, 1.807) is 6.07 Å². The van der Waals surface area contributed by atoms with E-state index in [0.717, 1.165) is 12.8 Å². The zero-order valence-corrected chi connectivity index (χ0v) is 9.65. The normalized spacial score (nSPS) is 16.6. The maximum absolute atomic E-state index is 13.6. The van der Waals surface area contributed by atoms with Crippen molar-refractivity contribution in [3.63, 3.8) is 0 Å². The van der Waals surface area contributed by atoms with Gasteiger partial charge in [-0.05, 0) is 31.7 Å². The second kappa shape index (κ2) is 4.73. The molecule has 4 heteroatoms. The van der Waals surface area contributed by atoms with Crippen molar-refractivity contribution < 1.29 is 19.0 Å². The number of carboxylic acid groups (broad SMARTS) is 1. The van der Waals surface area contributed by atoms with Crippen LogP contribution in [-0.4, -0.2) is 17.7 Å². The molecule has 3 nitrogen and oxygen atoms in total. The number of hydrogen-bond donors (Lipinski definition) is 1. The van der Waals surface area contributed by atoms with Crippen molar-refractivity contribution in [3.05, 3.63) is 29.6 Å². The fourth-order valence-electron chi connectivity index (χ4n) is 1.64. The minimum absolute atomic E-state index is 0.0919. The highest BCUT2D eigenvalue weighted by Gasteiger charge is 2.25. The van der Waals surface area contributed by atoms with Gasteiger partial charge in [-0.15, -0.1) is 0 Å².